The minimum absolute atomic E-state index is 0.716. The summed E-state index contributed by atoms with van der Waals surface area (Å²) in [6.45, 7) is 0. The highest BCUT2D eigenvalue weighted by molar-refractivity contribution is 6.28. The number of nitrogens with zero attached hydrogens (tertiary/aromatic N) is 9. The van der Waals surface area contributed by atoms with E-state index in [0.717, 1.165) is 0 Å². The number of hydrogen-bond donors (Lipinski definition) is 0. The Bertz CT molecular complexity index is 1850. The van der Waals surface area contributed by atoms with Crippen LogP contribution < -0.4 is 21.4 Å². The highest BCUT2D eigenvalue weighted by atomic mass is 35.5. The molecule has 0 amide bonds. The third kappa shape index (κ3) is 3.79. The van der Waals surface area contributed by atoms with Crippen molar-refractivity contribution in [1.29, 1.82) is 10.5 Å². The Morgan fingerprint density at radius 1 is 0.487 bits per heavy atom. The van der Waals surface area contributed by atoms with Crippen molar-refractivity contribution >= 4 is 22.7 Å². The average Bonchev–Trinajstić information content (AvgIpc) is 3.55. The zero-order valence-electron chi connectivity index (χ0n) is 17.9. The third-order valence-electron chi connectivity index (χ3n) is 5.03. The number of nitriles is 2. The summed E-state index contributed by atoms with van der Waals surface area (Å²) in [5, 5.41) is 14.2. The Hall–Kier alpha value is -5.16. The van der Waals surface area contributed by atoms with Crippen molar-refractivity contribution in [2.45, 2.75) is 0 Å². The van der Waals surface area contributed by atoms with Crippen LogP contribution in [0, 0.1) is 69.2 Å². The van der Waals surface area contributed by atoms with Crippen LogP contribution in [0.25, 0.3) is 11.1 Å². The molecule has 0 aliphatic carbocycles. The zero-order valence-corrected chi connectivity index (χ0v) is 18.7. The third-order valence-corrected chi connectivity index (χ3v) is 5.20. The van der Waals surface area contributed by atoms with Crippen molar-refractivity contribution in [2.24, 2.45) is 20.0 Å². The van der Waals surface area contributed by atoms with E-state index in [1.807, 2.05) is 0 Å². The van der Waals surface area contributed by atoms with Gasteiger partial charge in [0.1, 0.15) is 44.7 Å². The molecular formula is C21ClF8N9. The van der Waals surface area contributed by atoms with Crippen LogP contribution in [0.15, 0.2) is 31.6 Å². The summed E-state index contributed by atoms with van der Waals surface area (Å²) in [6, 6.07) is 3.01. The van der Waals surface area contributed by atoms with Crippen molar-refractivity contribution in [2.75, 3.05) is 0 Å². The maximum Gasteiger partial charge on any atom is 0.226 e. The van der Waals surface area contributed by atoms with Gasteiger partial charge in [0.05, 0.1) is 0 Å². The SMILES string of the molecule is N#CC(=C1N=c2c(F)c(F)c(F)c(F)c2=N1)c1nc(Cl)nc(C(C#N)=C2N=c3c(F)c(F)c(F)c(F)c3=N2)n1. The normalized spacial score (nSPS) is 12.9. The molecule has 192 valence electrons. The van der Waals surface area contributed by atoms with Gasteiger partial charge in [0.15, 0.2) is 69.8 Å². The molecular weight excluding hydrogens is 566 g/mol. The molecule has 2 aliphatic rings. The van der Waals surface area contributed by atoms with Crippen LogP contribution in [-0.4, -0.2) is 15.0 Å². The first kappa shape index (κ1) is 25.5. The molecule has 0 bridgehead atoms. The van der Waals surface area contributed by atoms with Crippen molar-refractivity contribution in [1.82, 2.24) is 15.0 Å². The summed E-state index contributed by atoms with van der Waals surface area (Å²) >= 11 is 5.84. The van der Waals surface area contributed by atoms with Crippen LogP contribution in [0.4, 0.5) is 35.1 Å². The second-order valence-corrected chi connectivity index (χ2v) is 7.56. The zero-order chi connectivity index (χ0) is 28.3. The summed E-state index contributed by atoms with van der Waals surface area (Å²) in [5.74, 6) is -19.4. The summed E-state index contributed by atoms with van der Waals surface area (Å²) < 4.78 is 111. The van der Waals surface area contributed by atoms with Gasteiger partial charge in [-0.2, -0.15) is 20.5 Å². The quantitative estimate of drug-likeness (QED) is 0.202. The highest BCUT2D eigenvalue weighted by Gasteiger charge is 2.28. The Kier molecular flexibility index (Phi) is 5.88. The van der Waals surface area contributed by atoms with Gasteiger partial charge in [0.2, 0.25) is 5.28 Å². The van der Waals surface area contributed by atoms with E-state index in [2.05, 4.69) is 34.9 Å². The maximum atomic E-state index is 14.1. The fourth-order valence-corrected chi connectivity index (χ4v) is 3.46. The maximum absolute atomic E-state index is 14.1. The molecule has 1 aromatic heterocycles. The number of fused-ring (bicyclic) bond motifs is 2. The second kappa shape index (κ2) is 8.99. The lowest BCUT2D eigenvalue weighted by Crippen LogP contribution is -2.32. The van der Waals surface area contributed by atoms with Gasteiger partial charge in [-0.25, -0.2) is 60.1 Å². The van der Waals surface area contributed by atoms with E-state index >= 15 is 0 Å². The lowest BCUT2D eigenvalue weighted by molar-refractivity contribution is 0.399. The number of rotatable bonds is 2. The molecule has 0 saturated heterocycles. The van der Waals surface area contributed by atoms with Gasteiger partial charge in [0, 0.05) is 0 Å². The lowest BCUT2D eigenvalue weighted by atomic mass is 10.2. The smallest absolute Gasteiger partial charge is 0.222 e. The molecule has 0 atom stereocenters. The monoisotopic (exact) mass is 565 g/mol. The molecule has 3 heterocycles. The highest BCUT2D eigenvalue weighted by Crippen LogP contribution is 2.24. The first-order valence-electron chi connectivity index (χ1n) is 9.78. The fraction of sp³-hybridized carbons (Fsp3) is 0. The van der Waals surface area contributed by atoms with E-state index < -0.39 is 108 Å². The van der Waals surface area contributed by atoms with E-state index in [0.29, 0.717) is 0 Å². The molecule has 0 fully saturated rings. The van der Waals surface area contributed by atoms with Gasteiger partial charge in [-0.05, 0) is 11.6 Å². The van der Waals surface area contributed by atoms with E-state index in [-0.39, 0.29) is 0 Å². The predicted octanol–water partition coefficient (Wildman–Crippen LogP) is 1.93. The lowest BCUT2D eigenvalue weighted by Gasteiger charge is -2.03. The van der Waals surface area contributed by atoms with Gasteiger partial charge >= 0.3 is 0 Å². The van der Waals surface area contributed by atoms with E-state index in [4.69, 9.17) is 11.6 Å². The molecule has 18 heteroatoms. The number of benzene rings is 2. The molecule has 5 rings (SSSR count). The molecule has 0 saturated carbocycles. The van der Waals surface area contributed by atoms with Crippen molar-refractivity contribution in [3.63, 3.8) is 0 Å². The first-order chi connectivity index (χ1) is 18.5. The van der Waals surface area contributed by atoms with Crippen LogP contribution in [0.5, 0.6) is 0 Å². The summed E-state index contributed by atoms with van der Waals surface area (Å²) in [6.07, 6.45) is 0. The number of hydrogen-bond acceptors (Lipinski definition) is 9. The number of allylic oxidation sites excluding steroid dienone is 2. The van der Waals surface area contributed by atoms with Gasteiger partial charge in [-0.1, -0.05) is 0 Å². The molecule has 0 N–H and O–H groups in total. The van der Waals surface area contributed by atoms with E-state index in [1.54, 1.807) is 0 Å². The van der Waals surface area contributed by atoms with Gasteiger partial charge in [-0.3, -0.25) is 0 Å². The van der Waals surface area contributed by atoms with Gasteiger partial charge < -0.3 is 0 Å². The summed E-state index contributed by atoms with van der Waals surface area (Å²) in [5.41, 5.74) is -1.55. The van der Waals surface area contributed by atoms with Crippen LogP contribution >= 0.6 is 11.6 Å². The minimum atomic E-state index is -2.18. The Balaban J connectivity index is 1.74. The standard InChI is InChI=1S/C21ClF8N9/c22-21-38-19(3(1-31)17-33-13-9(27)5(23)6(24)10(28)14(13)34-17)37-20(39-21)4(2-32)18-35-15-11(29)7(25)8(26)12(30)16(15)36-18. The molecule has 0 spiro atoms. The molecule has 39 heavy (non-hydrogen) atoms. The van der Waals surface area contributed by atoms with Crippen molar-refractivity contribution in [3.05, 3.63) is 96.5 Å². The molecule has 3 aromatic rings. The molecule has 0 unspecified atom stereocenters. The Morgan fingerprint density at radius 3 is 1.03 bits per heavy atom. The average molecular weight is 566 g/mol. The Morgan fingerprint density at radius 2 is 0.769 bits per heavy atom. The summed E-state index contributed by atoms with van der Waals surface area (Å²) in [4.78, 5) is 24.9. The molecule has 9 nitrogen and oxygen atoms in total. The van der Waals surface area contributed by atoms with Crippen LogP contribution in [0.3, 0.4) is 0 Å². The van der Waals surface area contributed by atoms with E-state index in [9.17, 15) is 45.6 Å². The number of aromatic nitrogens is 3. The Labute approximate surface area is 212 Å². The van der Waals surface area contributed by atoms with Crippen molar-refractivity contribution < 1.29 is 35.1 Å². The van der Waals surface area contributed by atoms with Gasteiger partial charge in [-0.15, -0.1) is 0 Å². The van der Waals surface area contributed by atoms with Crippen LogP contribution in [0.1, 0.15) is 11.6 Å². The second-order valence-electron chi connectivity index (χ2n) is 7.23. The first-order valence-corrected chi connectivity index (χ1v) is 10.2. The summed E-state index contributed by atoms with van der Waals surface area (Å²) in [7, 11) is 0. The molecule has 2 aliphatic heterocycles. The predicted molar refractivity (Wildman–Crippen MR) is 107 cm³/mol. The molecule has 2 aromatic carbocycles. The number of halogens is 9. The fourth-order valence-electron chi connectivity index (χ4n) is 3.30. The van der Waals surface area contributed by atoms with E-state index in [1.165, 1.54) is 12.1 Å². The van der Waals surface area contributed by atoms with Crippen LogP contribution in [0.2, 0.25) is 5.28 Å². The van der Waals surface area contributed by atoms with Crippen LogP contribution in [-0.2, 0) is 0 Å². The topological polar surface area (TPSA) is 136 Å². The largest absolute Gasteiger partial charge is 0.226 e. The molecule has 0 radical (unpaired) electrons. The minimum Gasteiger partial charge on any atom is -0.222 e. The van der Waals surface area contributed by atoms with Gasteiger partial charge in [0.25, 0.3) is 0 Å². The van der Waals surface area contributed by atoms with Crippen molar-refractivity contribution in [3.8, 4) is 12.1 Å².